The molecule has 0 aliphatic carbocycles. The van der Waals surface area contributed by atoms with E-state index in [1.54, 1.807) is 6.92 Å². The van der Waals surface area contributed by atoms with E-state index in [0.717, 1.165) is 35.2 Å². The van der Waals surface area contributed by atoms with Gasteiger partial charge in [0.1, 0.15) is 6.54 Å². The second-order valence-electron chi connectivity index (χ2n) is 7.89. The Kier molecular flexibility index (Phi) is 6.78. The molecule has 192 valence electrons. The van der Waals surface area contributed by atoms with Crippen LogP contribution in [0.25, 0.3) is 0 Å². The van der Waals surface area contributed by atoms with Crippen LogP contribution in [-0.2, 0) is 25.5 Å². The lowest BCUT2D eigenvalue weighted by Crippen LogP contribution is -2.38. The summed E-state index contributed by atoms with van der Waals surface area (Å²) in [4.78, 5) is 38.9. The first-order valence-corrected chi connectivity index (χ1v) is 12.4. The van der Waals surface area contributed by atoms with Crippen molar-refractivity contribution in [3.8, 4) is 0 Å². The molecule has 1 aliphatic heterocycles. The van der Waals surface area contributed by atoms with Crippen molar-refractivity contribution in [2.75, 3.05) is 23.4 Å². The number of esters is 1. The summed E-state index contributed by atoms with van der Waals surface area (Å²) in [5, 5.41) is 2.14. The molecule has 0 spiro atoms. The molecular formula is C25H19F3N2O6S. The van der Waals surface area contributed by atoms with Gasteiger partial charge in [-0.05, 0) is 49.4 Å². The third-order valence-electron chi connectivity index (χ3n) is 5.51. The molecule has 2 amide bonds. The van der Waals surface area contributed by atoms with Gasteiger partial charge in [-0.2, -0.15) is 13.2 Å². The van der Waals surface area contributed by atoms with Gasteiger partial charge < -0.3 is 10.1 Å². The first kappa shape index (κ1) is 25.9. The van der Waals surface area contributed by atoms with Crippen LogP contribution in [0.2, 0.25) is 0 Å². The number of carbonyl (C=O) groups excluding carboxylic acids is 3. The minimum Gasteiger partial charge on any atom is -0.462 e. The third kappa shape index (κ3) is 4.92. The molecule has 37 heavy (non-hydrogen) atoms. The number of sulfone groups is 1. The van der Waals surface area contributed by atoms with Gasteiger partial charge in [0.25, 0.3) is 5.91 Å². The molecule has 0 unspecified atom stereocenters. The number of ether oxygens (including phenoxy) is 1. The molecule has 0 saturated heterocycles. The number of halogens is 3. The van der Waals surface area contributed by atoms with Crippen LogP contribution < -0.4 is 10.2 Å². The van der Waals surface area contributed by atoms with E-state index in [4.69, 9.17) is 4.74 Å². The number of hydrogen-bond donors (Lipinski definition) is 1. The van der Waals surface area contributed by atoms with Crippen LogP contribution in [0.1, 0.15) is 33.2 Å². The van der Waals surface area contributed by atoms with Crippen molar-refractivity contribution in [3.05, 3.63) is 83.4 Å². The fourth-order valence-corrected chi connectivity index (χ4v) is 5.51. The predicted molar refractivity (Wildman–Crippen MR) is 126 cm³/mol. The maximum atomic E-state index is 13.5. The lowest BCUT2D eigenvalue weighted by atomic mass is 10.1. The number of amides is 2. The normalized spacial score (nSPS) is 14.3. The van der Waals surface area contributed by atoms with Crippen LogP contribution in [-0.4, -0.2) is 39.4 Å². The lowest BCUT2D eigenvalue weighted by molar-refractivity contribution is -0.137. The fourth-order valence-electron chi connectivity index (χ4n) is 3.88. The number of fused-ring (bicyclic) bond motifs is 2. The molecule has 0 fully saturated rings. The average Bonchev–Trinajstić information content (AvgIpc) is 2.92. The van der Waals surface area contributed by atoms with E-state index < -0.39 is 51.6 Å². The Bertz CT molecular complexity index is 1520. The Morgan fingerprint density at radius 1 is 0.973 bits per heavy atom. The number of carbonyl (C=O) groups is 3. The van der Waals surface area contributed by atoms with Gasteiger partial charge in [-0.1, -0.05) is 24.3 Å². The van der Waals surface area contributed by atoms with E-state index >= 15 is 0 Å². The number of hydrogen-bond acceptors (Lipinski definition) is 6. The molecule has 0 bridgehead atoms. The van der Waals surface area contributed by atoms with E-state index in [9.17, 15) is 36.0 Å². The van der Waals surface area contributed by atoms with Crippen molar-refractivity contribution >= 4 is 39.0 Å². The van der Waals surface area contributed by atoms with Crippen LogP contribution in [0, 0.1) is 0 Å². The molecule has 1 aliphatic rings. The number of nitrogens with one attached hydrogen (secondary N) is 1. The Labute approximate surface area is 209 Å². The second-order valence-corrected chi connectivity index (χ2v) is 9.77. The van der Waals surface area contributed by atoms with Gasteiger partial charge in [0.05, 0.1) is 44.5 Å². The highest BCUT2D eigenvalue weighted by Gasteiger charge is 2.38. The quantitative estimate of drug-likeness (QED) is 0.491. The zero-order chi connectivity index (χ0) is 27.0. The summed E-state index contributed by atoms with van der Waals surface area (Å²) in [6.45, 7) is 0.763. The molecule has 4 rings (SSSR count). The first-order valence-electron chi connectivity index (χ1n) is 10.9. The van der Waals surface area contributed by atoms with Gasteiger partial charge in [0.15, 0.2) is 0 Å². The Morgan fingerprint density at radius 3 is 2.35 bits per heavy atom. The molecule has 0 radical (unpaired) electrons. The van der Waals surface area contributed by atoms with E-state index in [1.807, 2.05) is 0 Å². The molecule has 0 atom stereocenters. The zero-order valence-electron chi connectivity index (χ0n) is 19.2. The molecule has 12 heteroatoms. The van der Waals surface area contributed by atoms with Crippen molar-refractivity contribution in [2.45, 2.75) is 22.9 Å². The average molecular weight is 532 g/mol. The lowest BCUT2D eigenvalue weighted by Gasteiger charge is -2.23. The Morgan fingerprint density at radius 2 is 1.65 bits per heavy atom. The fraction of sp³-hybridized carbons (Fsp3) is 0.160. The molecule has 0 aromatic heterocycles. The van der Waals surface area contributed by atoms with Gasteiger partial charge in [-0.3, -0.25) is 14.5 Å². The molecule has 3 aromatic rings. The molecular weight excluding hydrogens is 513 g/mol. The summed E-state index contributed by atoms with van der Waals surface area (Å²) in [5.41, 5.74) is -2.23. The minimum atomic E-state index is -4.75. The van der Waals surface area contributed by atoms with Gasteiger partial charge in [-0.15, -0.1) is 0 Å². The summed E-state index contributed by atoms with van der Waals surface area (Å²) in [7, 11) is -4.27. The number of anilines is 2. The maximum absolute atomic E-state index is 13.5. The van der Waals surface area contributed by atoms with Crippen molar-refractivity contribution in [1.29, 1.82) is 0 Å². The smallest absolute Gasteiger partial charge is 0.418 e. The van der Waals surface area contributed by atoms with Gasteiger partial charge in [-0.25, -0.2) is 13.2 Å². The topological polar surface area (TPSA) is 110 Å². The van der Waals surface area contributed by atoms with E-state index in [1.165, 1.54) is 36.4 Å². The number of nitrogens with zero attached hydrogens (tertiary/aromatic N) is 1. The van der Waals surface area contributed by atoms with Gasteiger partial charge >= 0.3 is 12.1 Å². The zero-order valence-corrected chi connectivity index (χ0v) is 20.0. The summed E-state index contributed by atoms with van der Waals surface area (Å²) >= 11 is 0. The largest absolute Gasteiger partial charge is 0.462 e. The van der Waals surface area contributed by atoms with Gasteiger partial charge in [0.2, 0.25) is 15.7 Å². The van der Waals surface area contributed by atoms with Crippen molar-refractivity contribution < 1.29 is 40.7 Å². The van der Waals surface area contributed by atoms with Crippen molar-refractivity contribution in [3.63, 3.8) is 0 Å². The highest BCUT2D eigenvalue weighted by molar-refractivity contribution is 7.91. The summed E-state index contributed by atoms with van der Waals surface area (Å²) in [6, 6.07) is 13.1. The minimum absolute atomic E-state index is 0.0311. The molecule has 1 heterocycles. The summed E-state index contributed by atoms with van der Waals surface area (Å²) in [6.07, 6.45) is -4.75. The number of alkyl halides is 3. The number of benzene rings is 3. The van der Waals surface area contributed by atoms with Crippen LogP contribution in [0.4, 0.5) is 24.5 Å². The molecule has 0 saturated carbocycles. The molecule has 3 aromatic carbocycles. The highest BCUT2D eigenvalue weighted by Crippen LogP contribution is 2.38. The standard InChI is InChI=1S/C25H19F3N2O6S/c1-2-36-24(33)15-11-12-21-19(13-15)30(23(32)16-7-3-6-10-20(16)37(21,34)35)14-22(31)29-18-9-5-4-8-17(18)25(26,27)28/h3-13H,2,14H2,1H3,(H,29,31). The van der Waals surface area contributed by atoms with E-state index in [0.29, 0.717) is 0 Å². The molecule has 8 nitrogen and oxygen atoms in total. The van der Waals surface area contributed by atoms with E-state index in [2.05, 4.69) is 5.32 Å². The highest BCUT2D eigenvalue weighted by atomic mass is 32.2. The molecule has 1 N–H and O–H groups in total. The Balaban J connectivity index is 1.81. The second kappa shape index (κ2) is 9.69. The van der Waals surface area contributed by atoms with Crippen LogP contribution >= 0.6 is 0 Å². The third-order valence-corrected chi connectivity index (χ3v) is 7.37. The van der Waals surface area contributed by atoms with Crippen molar-refractivity contribution in [1.82, 2.24) is 0 Å². The SMILES string of the molecule is CCOC(=O)c1ccc2c(c1)N(CC(=O)Nc1ccccc1C(F)(F)F)C(=O)c1ccccc1S2(=O)=O. The van der Waals surface area contributed by atoms with Crippen LogP contribution in [0.15, 0.2) is 76.5 Å². The van der Waals surface area contributed by atoms with Crippen LogP contribution in [0.5, 0.6) is 0 Å². The van der Waals surface area contributed by atoms with E-state index in [-0.39, 0.29) is 33.2 Å². The maximum Gasteiger partial charge on any atom is 0.418 e. The summed E-state index contributed by atoms with van der Waals surface area (Å²) < 4.78 is 71.9. The van der Waals surface area contributed by atoms with Gasteiger partial charge in [0, 0.05) is 0 Å². The number of para-hydroxylation sites is 1. The Hall–Kier alpha value is -4.19. The van der Waals surface area contributed by atoms with Crippen molar-refractivity contribution in [2.24, 2.45) is 0 Å². The first-order chi connectivity index (χ1) is 17.4. The summed E-state index contributed by atoms with van der Waals surface area (Å²) in [5.74, 6) is -2.70. The van der Waals surface area contributed by atoms with Crippen LogP contribution in [0.3, 0.4) is 0 Å². The predicted octanol–water partition coefficient (Wildman–Crippen LogP) is 4.31. The monoisotopic (exact) mass is 532 g/mol. The number of rotatable bonds is 5.